The summed E-state index contributed by atoms with van der Waals surface area (Å²) in [6.45, 7) is 8.34. The molecule has 0 atom stereocenters. The summed E-state index contributed by atoms with van der Waals surface area (Å²) in [7, 11) is 2.89. The summed E-state index contributed by atoms with van der Waals surface area (Å²) in [6, 6.07) is 6.82. The number of rotatable bonds is 9. The zero-order valence-corrected chi connectivity index (χ0v) is 18.6. The summed E-state index contributed by atoms with van der Waals surface area (Å²) in [6.07, 6.45) is 0.719. The number of Topliss-reactive ketones (excluding diaryl/α,β-unsaturated/α-hetero) is 1. The zero-order chi connectivity index (χ0) is 22.4. The molecule has 1 aromatic carbocycles. The lowest BCUT2D eigenvalue weighted by Gasteiger charge is -2.22. The van der Waals surface area contributed by atoms with Gasteiger partial charge >= 0.3 is 5.97 Å². The van der Waals surface area contributed by atoms with Crippen LogP contribution >= 0.6 is 0 Å². The molecule has 0 unspecified atom stereocenters. The number of ketones is 1. The summed E-state index contributed by atoms with van der Waals surface area (Å²) in [4.78, 5) is 40.0. The Morgan fingerprint density at radius 1 is 1.03 bits per heavy atom. The molecule has 1 heterocycles. The second kappa shape index (κ2) is 10.1. The van der Waals surface area contributed by atoms with Crippen LogP contribution in [0.4, 0.5) is 0 Å². The van der Waals surface area contributed by atoms with E-state index in [9.17, 15) is 14.4 Å². The Kier molecular flexibility index (Phi) is 7.80. The topological polar surface area (TPSA) is 77.8 Å². The first kappa shape index (κ1) is 23.2. The highest BCUT2D eigenvalue weighted by atomic mass is 16.5. The van der Waals surface area contributed by atoms with Crippen LogP contribution in [0.1, 0.15) is 62.7 Å². The molecule has 0 aliphatic carbocycles. The Bertz CT molecular complexity index is 928. The number of methoxy groups -OCH3 is 2. The van der Waals surface area contributed by atoms with Crippen LogP contribution in [0.15, 0.2) is 24.3 Å². The minimum absolute atomic E-state index is 0.0608. The predicted molar refractivity (Wildman–Crippen MR) is 114 cm³/mol. The first-order valence-electron chi connectivity index (χ1n) is 10.0. The molecule has 0 spiro atoms. The van der Waals surface area contributed by atoms with Crippen LogP contribution in [0.5, 0.6) is 5.75 Å². The van der Waals surface area contributed by atoms with E-state index in [1.807, 2.05) is 20.8 Å². The molecule has 2 rings (SSSR count). The maximum Gasteiger partial charge on any atom is 0.354 e. The van der Waals surface area contributed by atoms with E-state index in [-0.39, 0.29) is 18.2 Å². The third kappa shape index (κ3) is 4.56. The fourth-order valence-electron chi connectivity index (χ4n) is 3.75. The van der Waals surface area contributed by atoms with Crippen molar-refractivity contribution in [2.45, 2.75) is 40.7 Å². The molecule has 0 saturated carbocycles. The van der Waals surface area contributed by atoms with Crippen LogP contribution in [0, 0.1) is 13.8 Å². The molecular formula is C23H30N2O5. The number of benzene rings is 1. The maximum atomic E-state index is 13.2. The van der Waals surface area contributed by atoms with E-state index in [0.29, 0.717) is 46.9 Å². The van der Waals surface area contributed by atoms with Crippen molar-refractivity contribution < 1.29 is 23.9 Å². The third-order valence-corrected chi connectivity index (χ3v) is 5.19. The standard InChI is InChI=1S/C23H30N2O5/c1-7-13-24(22(27)17-9-11-18(29-5)12-10-17)14-19(26)20-15(3)21(23(28)30-6)25(8-2)16(20)4/h9-12H,7-8,13-14H2,1-6H3. The van der Waals surface area contributed by atoms with Gasteiger partial charge in [-0.05, 0) is 57.0 Å². The normalized spacial score (nSPS) is 10.6. The number of carbonyl (C=O) groups excluding carboxylic acids is 3. The smallest absolute Gasteiger partial charge is 0.354 e. The lowest BCUT2D eigenvalue weighted by molar-refractivity contribution is 0.0587. The number of hydrogen-bond donors (Lipinski definition) is 0. The lowest BCUT2D eigenvalue weighted by Crippen LogP contribution is -2.36. The number of nitrogens with zero attached hydrogens (tertiary/aromatic N) is 2. The average Bonchev–Trinajstić information content (AvgIpc) is 3.01. The third-order valence-electron chi connectivity index (χ3n) is 5.19. The van der Waals surface area contributed by atoms with E-state index < -0.39 is 5.97 Å². The van der Waals surface area contributed by atoms with E-state index >= 15 is 0 Å². The number of ether oxygens (including phenoxy) is 2. The average molecular weight is 415 g/mol. The molecule has 0 aliphatic rings. The molecule has 0 saturated heterocycles. The lowest BCUT2D eigenvalue weighted by atomic mass is 10.0. The number of esters is 1. The molecule has 0 radical (unpaired) electrons. The molecule has 1 aromatic heterocycles. The van der Waals surface area contributed by atoms with E-state index in [4.69, 9.17) is 9.47 Å². The van der Waals surface area contributed by atoms with Crippen molar-refractivity contribution in [2.24, 2.45) is 0 Å². The van der Waals surface area contributed by atoms with Gasteiger partial charge in [0.25, 0.3) is 5.91 Å². The van der Waals surface area contributed by atoms with Crippen molar-refractivity contribution in [3.8, 4) is 5.75 Å². The largest absolute Gasteiger partial charge is 0.497 e. The molecule has 0 bridgehead atoms. The number of amides is 1. The molecule has 30 heavy (non-hydrogen) atoms. The summed E-state index contributed by atoms with van der Waals surface area (Å²) in [5.74, 6) is -0.229. The number of carbonyl (C=O) groups is 3. The van der Waals surface area contributed by atoms with Gasteiger partial charge in [0, 0.05) is 29.9 Å². The van der Waals surface area contributed by atoms with Gasteiger partial charge in [-0.2, -0.15) is 0 Å². The van der Waals surface area contributed by atoms with Crippen LogP contribution in [0.25, 0.3) is 0 Å². The molecule has 0 aliphatic heterocycles. The van der Waals surface area contributed by atoms with Gasteiger partial charge in [-0.1, -0.05) is 6.92 Å². The van der Waals surface area contributed by atoms with Crippen molar-refractivity contribution in [1.29, 1.82) is 0 Å². The van der Waals surface area contributed by atoms with Crippen LogP contribution in [0.2, 0.25) is 0 Å². The predicted octanol–water partition coefficient (Wildman–Crippen LogP) is 3.66. The first-order valence-corrected chi connectivity index (χ1v) is 10.0. The Morgan fingerprint density at radius 2 is 1.67 bits per heavy atom. The van der Waals surface area contributed by atoms with Gasteiger partial charge in [-0.25, -0.2) is 4.79 Å². The van der Waals surface area contributed by atoms with E-state index in [1.165, 1.54) is 7.11 Å². The second-order valence-electron chi connectivity index (χ2n) is 7.05. The zero-order valence-electron chi connectivity index (χ0n) is 18.6. The second-order valence-corrected chi connectivity index (χ2v) is 7.05. The fraction of sp³-hybridized carbons (Fsp3) is 0.435. The molecule has 2 aromatic rings. The molecular weight excluding hydrogens is 384 g/mol. The molecule has 162 valence electrons. The number of aromatic nitrogens is 1. The molecule has 1 amide bonds. The van der Waals surface area contributed by atoms with Crippen molar-refractivity contribution in [2.75, 3.05) is 27.3 Å². The van der Waals surface area contributed by atoms with Gasteiger partial charge < -0.3 is 18.9 Å². The molecule has 7 nitrogen and oxygen atoms in total. The Balaban J connectivity index is 2.36. The van der Waals surface area contributed by atoms with Gasteiger partial charge in [0.15, 0.2) is 5.78 Å². The van der Waals surface area contributed by atoms with E-state index in [2.05, 4.69) is 0 Å². The van der Waals surface area contributed by atoms with Crippen LogP contribution in [-0.2, 0) is 11.3 Å². The fourth-order valence-corrected chi connectivity index (χ4v) is 3.75. The van der Waals surface area contributed by atoms with Gasteiger partial charge in [0.2, 0.25) is 0 Å². The summed E-state index contributed by atoms with van der Waals surface area (Å²) in [5.41, 5.74) is 2.63. The molecule has 0 fully saturated rings. The Hall–Kier alpha value is -3.09. The van der Waals surface area contributed by atoms with E-state index in [1.54, 1.807) is 47.8 Å². The summed E-state index contributed by atoms with van der Waals surface area (Å²) < 4.78 is 11.8. The molecule has 7 heteroatoms. The highest BCUT2D eigenvalue weighted by Gasteiger charge is 2.28. The van der Waals surface area contributed by atoms with Gasteiger partial charge in [0.05, 0.1) is 20.8 Å². The summed E-state index contributed by atoms with van der Waals surface area (Å²) >= 11 is 0. The van der Waals surface area contributed by atoms with Gasteiger partial charge in [-0.15, -0.1) is 0 Å². The van der Waals surface area contributed by atoms with Crippen molar-refractivity contribution >= 4 is 17.7 Å². The van der Waals surface area contributed by atoms with Gasteiger partial charge in [-0.3, -0.25) is 9.59 Å². The number of hydrogen-bond acceptors (Lipinski definition) is 5. The summed E-state index contributed by atoms with van der Waals surface area (Å²) in [5, 5.41) is 0. The highest BCUT2D eigenvalue weighted by molar-refractivity contribution is 6.06. The minimum atomic E-state index is -0.476. The monoisotopic (exact) mass is 414 g/mol. The SMILES string of the molecule is CCCN(CC(=O)c1c(C)c(C(=O)OC)n(CC)c1C)C(=O)c1ccc(OC)cc1. The quantitative estimate of drug-likeness (QED) is 0.462. The first-order chi connectivity index (χ1) is 14.3. The Labute approximate surface area is 177 Å². The maximum absolute atomic E-state index is 13.2. The van der Waals surface area contributed by atoms with E-state index in [0.717, 1.165) is 6.42 Å². The molecule has 0 N–H and O–H groups in total. The minimum Gasteiger partial charge on any atom is -0.497 e. The van der Waals surface area contributed by atoms with Crippen LogP contribution < -0.4 is 4.74 Å². The van der Waals surface area contributed by atoms with Crippen LogP contribution in [0.3, 0.4) is 0 Å². The highest BCUT2D eigenvalue weighted by Crippen LogP contribution is 2.24. The van der Waals surface area contributed by atoms with Crippen molar-refractivity contribution in [1.82, 2.24) is 9.47 Å². The van der Waals surface area contributed by atoms with Crippen molar-refractivity contribution in [3.63, 3.8) is 0 Å². The Morgan fingerprint density at radius 3 is 2.17 bits per heavy atom. The van der Waals surface area contributed by atoms with Gasteiger partial charge in [0.1, 0.15) is 11.4 Å². The van der Waals surface area contributed by atoms with Crippen molar-refractivity contribution in [3.05, 3.63) is 52.3 Å². The van der Waals surface area contributed by atoms with Crippen LogP contribution in [-0.4, -0.2) is 54.4 Å².